The standard InChI is InChI=1S/C11H16N4O2/c1-12-11-8-9(17-7-6-16-3)4-5-10(11)14-15-13-2/h4-5,8,14-15H,1-2,6-7H2,3H3. The highest BCUT2D eigenvalue weighted by Gasteiger charge is 2.02. The first kappa shape index (κ1) is 13.0. The number of hydrazone groups is 1. The summed E-state index contributed by atoms with van der Waals surface area (Å²) >= 11 is 0. The number of rotatable bonds is 8. The maximum absolute atomic E-state index is 5.45. The molecule has 0 unspecified atom stereocenters. The van der Waals surface area contributed by atoms with Crippen molar-refractivity contribution < 1.29 is 9.47 Å². The minimum atomic E-state index is 0.492. The monoisotopic (exact) mass is 236 g/mol. The zero-order valence-corrected chi connectivity index (χ0v) is 9.77. The highest BCUT2D eigenvalue weighted by Crippen LogP contribution is 2.28. The third-order valence-electron chi connectivity index (χ3n) is 1.97. The highest BCUT2D eigenvalue weighted by molar-refractivity contribution is 5.69. The van der Waals surface area contributed by atoms with E-state index < -0.39 is 0 Å². The van der Waals surface area contributed by atoms with Gasteiger partial charge in [-0.15, -0.1) is 0 Å². The average molecular weight is 236 g/mol. The molecular weight excluding hydrogens is 220 g/mol. The lowest BCUT2D eigenvalue weighted by Crippen LogP contribution is -2.13. The Labute approximate surface area is 100 Å². The molecule has 0 aliphatic heterocycles. The van der Waals surface area contributed by atoms with Gasteiger partial charge in [-0.05, 0) is 18.9 Å². The first-order valence-corrected chi connectivity index (χ1v) is 5.01. The number of methoxy groups -OCH3 is 1. The van der Waals surface area contributed by atoms with Gasteiger partial charge in [-0.3, -0.25) is 10.4 Å². The Kier molecular flexibility index (Phi) is 5.53. The molecule has 0 aromatic heterocycles. The van der Waals surface area contributed by atoms with E-state index in [1.54, 1.807) is 13.2 Å². The number of hydrogen-bond donors (Lipinski definition) is 2. The van der Waals surface area contributed by atoms with Crippen molar-refractivity contribution in [1.29, 1.82) is 0 Å². The molecule has 17 heavy (non-hydrogen) atoms. The molecule has 1 aromatic rings. The minimum Gasteiger partial charge on any atom is -0.491 e. The average Bonchev–Trinajstić information content (AvgIpc) is 2.37. The van der Waals surface area contributed by atoms with Crippen LogP contribution in [-0.4, -0.2) is 33.8 Å². The van der Waals surface area contributed by atoms with Gasteiger partial charge in [0, 0.05) is 19.9 Å². The molecule has 0 atom stereocenters. The van der Waals surface area contributed by atoms with Gasteiger partial charge in [0.05, 0.1) is 18.0 Å². The Morgan fingerprint density at radius 3 is 2.76 bits per heavy atom. The first-order valence-electron chi connectivity index (χ1n) is 5.01. The van der Waals surface area contributed by atoms with Gasteiger partial charge in [0.1, 0.15) is 12.4 Å². The van der Waals surface area contributed by atoms with Gasteiger partial charge in [0.15, 0.2) is 0 Å². The second kappa shape index (κ2) is 7.24. The second-order valence-corrected chi connectivity index (χ2v) is 3.07. The van der Waals surface area contributed by atoms with E-state index in [2.05, 4.69) is 34.5 Å². The Morgan fingerprint density at radius 2 is 2.12 bits per heavy atom. The molecule has 1 rings (SSSR count). The van der Waals surface area contributed by atoms with Gasteiger partial charge in [-0.2, -0.15) is 5.10 Å². The van der Waals surface area contributed by atoms with Gasteiger partial charge < -0.3 is 9.47 Å². The number of hydrogen-bond acceptors (Lipinski definition) is 6. The molecule has 0 fully saturated rings. The summed E-state index contributed by atoms with van der Waals surface area (Å²) in [5.74, 6) is 0.710. The SMILES string of the molecule is C=NNNc1ccc(OCCOC)cc1N=C. The van der Waals surface area contributed by atoms with Crippen molar-refractivity contribution in [2.24, 2.45) is 10.1 Å². The van der Waals surface area contributed by atoms with E-state index in [9.17, 15) is 0 Å². The summed E-state index contributed by atoms with van der Waals surface area (Å²) in [6.45, 7) is 7.82. The van der Waals surface area contributed by atoms with Crippen molar-refractivity contribution in [3.05, 3.63) is 18.2 Å². The Bertz CT molecular complexity index is 382. The van der Waals surface area contributed by atoms with Crippen LogP contribution in [0, 0.1) is 0 Å². The molecule has 6 nitrogen and oxygen atoms in total. The van der Waals surface area contributed by atoms with Crippen molar-refractivity contribution in [2.45, 2.75) is 0 Å². The lowest BCUT2D eigenvalue weighted by atomic mass is 10.2. The van der Waals surface area contributed by atoms with Crippen LogP contribution in [0.2, 0.25) is 0 Å². The number of ether oxygens (including phenoxy) is 2. The Hall–Kier alpha value is -2.08. The maximum Gasteiger partial charge on any atom is 0.121 e. The van der Waals surface area contributed by atoms with Crippen LogP contribution >= 0.6 is 0 Å². The maximum atomic E-state index is 5.45. The van der Waals surface area contributed by atoms with Crippen LogP contribution < -0.4 is 15.7 Å². The largest absolute Gasteiger partial charge is 0.491 e. The molecule has 0 aliphatic rings. The zero-order valence-electron chi connectivity index (χ0n) is 9.77. The fraction of sp³-hybridized carbons (Fsp3) is 0.273. The van der Waals surface area contributed by atoms with E-state index in [4.69, 9.17) is 9.47 Å². The van der Waals surface area contributed by atoms with E-state index in [-0.39, 0.29) is 0 Å². The molecule has 0 saturated heterocycles. The van der Waals surface area contributed by atoms with Gasteiger partial charge in [-0.25, -0.2) is 5.53 Å². The van der Waals surface area contributed by atoms with E-state index in [0.717, 1.165) is 5.69 Å². The van der Waals surface area contributed by atoms with Crippen LogP contribution in [-0.2, 0) is 4.74 Å². The number of hydrazine groups is 1. The van der Waals surface area contributed by atoms with Crippen molar-refractivity contribution >= 4 is 24.8 Å². The summed E-state index contributed by atoms with van der Waals surface area (Å²) in [6, 6.07) is 5.40. The smallest absolute Gasteiger partial charge is 0.121 e. The normalized spacial score (nSPS) is 9.47. The van der Waals surface area contributed by atoms with Crippen LogP contribution in [0.4, 0.5) is 11.4 Å². The Morgan fingerprint density at radius 1 is 1.29 bits per heavy atom. The first-order chi connectivity index (χ1) is 8.31. The van der Waals surface area contributed by atoms with E-state index in [1.807, 2.05) is 12.1 Å². The fourth-order valence-electron chi connectivity index (χ4n) is 1.18. The fourth-order valence-corrected chi connectivity index (χ4v) is 1.18. The zero-order chi connectivity index (χ0) is 12.5. The van der Waals surface area contributed by atoms with E-state index in [0.29, 0.717) is 24.7 Å². The molecule has 0 aliphatic carbocycles. The topological polar surface area (TPSA) is 67.2 Å². The lowest BCUT2D eigenvalue weighted by molar-refractivity contribution is 0.146. The molecule has 6 heteroatoms. The van der Waals surface area contributed by atoms with E-state index >= 15 is 0 Å². The van der Waals surface area contributed by atoms with Crippen molar-refractivity contribution in [2.75, 3.05) is 25.7 Å². The summed E-state index contributed by atoms with van der Waals surface area (Å²) in [5.41, 5.74) is 6.75. The molecule has 2 N–H and O–H groups in total. The van der Waals surface area contributed by atoms with Crippen molar-refractivity contribution in [3.63, 3.8) is 0 Å². The second-order valence-electron chi connectivity index (χ2n) is 3.07. The molecular formula is C11H16N4O2. The highest BCUT2D eigenvalue weighted by atomic mass is 16.5. The molecule has 0 heterocycles. The van der Waals surface area contributed by atoms with Crippen LogP contribution in [0.5, 0.6) is 5.75 Å². The molecule has 0 saturated carbocycles. The lowest BCUT2D eigenvalue weighted by Gasteiger charge is -2.10. The predicted octanol–water partition coefficient (Wildman–Crippen LogP) is 1.58. The van der Waals surface area contributed by atoms with Crippen molar-refractivity contribution in [1.82, 2.24) is 5.53 Å². The summed E-state index contributed by atoms with van der Waals surface area (Å²) in [4.78, 5) is 3.89. The van der Waals surface area contributed by atoms with Gasteiger partial charge in [-0.1, -0.05) is 0 Å². The number of benzene rings is 1. The predicted molar refractivity (Wildman–Crippen MR) is 69.3 cm³/mol. The van der Waals surface area contributed by atoms with Gasteiger partial charge in [0.2, 0.25) is 0 Å². The van der Waals surface area contributed by atoms with Gasteiger partial charge >= 0.3 is 0 Å². The molecule has 92 valence electrons. The molecule has 0 spiro atoms. The third kappa shape index (κ3) is 4.12. The molecule has 0 bridgehead atoms. The molecule has 0 radical (unpaired) electrons. The van der Waals surface area contributed by atoms with Crippen LogP contribution in [0.3, 0.4) is 0 Å². The summed E-state index contributed by atoms with van der Waals surface area (Å²) in [6.07, 6.45) is 0. The van der Waals surface area contributed by atoms with Crippen LogP contribution in [0.15, 0.2) is 28.3 Å². The number of nitrogens with zero attached hydrogens (tertiary/aromatic N) is 2. The number of nitrogens with one attached hydrogen (secondary N) is 2. The molecule has 1 aromatic carbocycles. The minimum absolute atomic E-state index is 0.492. The number of aliphatic imine (C=N–C) groups is 1. The van der Waals surface area contributed by atoms with Gasteiger partial charge in [0.25, 0.3) is 0 Å². The summed E-state index contributed by atoms with van der Waals surface area (Å²) in [7, 11) is 1.63. The third-order valence-corrected chi connectivity index (χ3v) is 1.97. The van der Waals surface area contributed by atoms with Crippen molar-refractivity contribution in [3.8, 4) is 5.75 Å². The van der Waals surface area contributed by atoms with Crippen LogP contribution in [0.25, 0.3) is 0 Å². The number of anilines is 1. The molecule has 0 amide bonds. The Balaban J connectivity index is 2.70. The quantitative estimate of drug-likeness (QED) is 0.408. The van der Waals surface area contributed by atoms with Crippen LogP contribution in [0.1, 0.15) is 0 Å². The summed E-state index contributed by atoms with van der Waals surface area (Å²) in [5, 5.41) is 3.47. The summed E-state index contributed by atoms with van der Waals surface area (Å²) < 4.78 is 10.3. The van der Waals surface area contributed by atoms with E-state index in [1.165, 1.54) is 0 Å².